The SMILES string of the molecule is COCOc1ccc(C(=O)/C=C/c2ccc(OCOC)cc2OC)c(F)c1. The van der Waals surface area contributed by atoms with Gasteiger partial charge in [-0.2, -0.15) is 0 Å². The van der Waals surface area contributed by atoms with E-state index in [4.69, 9.17) is 23.7 Å². The molecule has 0 saturated carbocycles. The van der Waals surface area contributed by atoms with Crippen LogP contribution in [0.4, 0.5) is 4.39 Å². The lowest BCUT2D eigenvalue weighted by atomic mass is 10.1. The molecule has 0 atom stereocenters. The Labute approximate surface area is 157 Å². The van der Waals surface area contributed by atoms with Gasteiger partial charge in [-0.05, 0) is 36.4 Å². The number of allylic oxidation sites excluding steroid dienone is 1. The maximum absolute atomic E-state index is 14.1. The van der Waals surface area contributed by atoms with Gasteiger partial charge in [0.05, 0.1) is 12.7 Å². The van der Waals surface area contributed by atoms with Crippen molar-refractivity contribution in [2.75, 3.05) is 34.9 Å². The van der Waals surface area contributed by atoms with Crippen LogP contribution in [0.5, 0.6) is 17.2 Å². The molecule has 27 heavy (non-hydrogen) atoms. The zero-order valence-corrected chi connectivity index (χ0v) is 15.4. The molecule has 0 fully saturated rings. The molecule has 7 heteroatoms. The first-order chi connectivity index (χ1) is 13.1. The Kier molecular flexibility index (Phi) is 7.79. The molecule has 0 bridgehead atoms. The number of halogens is 1. The van der Waals surface area contributed by atoms with E-state index in [0.29, 0.717) is 17.1 Å². The minimum absolute atomic E-state index is 0.00345. The first-order valence-corrected chi connectivity index (χ1v) is 8.02. The summed E-state index contributed by atoms with van der Waals surface area (Å²) >= 11 is 0. The smallest absolute Gasteiger partial charge is 0.188 e. The van der Waals surface area contributed by atoms with Crippen molar-refractivity contribution in [3.05, 3.63) is 59.4 Å². The predicted molar refractivity (Wildman–Crippen MR) is 97.8 cm³/mol. The van der Waals surface area contributed by atoms with E-state index in [1.54, 1.807) is 24.3 Å². The minimum Gasteiger partial charge on any atom is -0.496 e. The molecule has 0 spiro atoms. The summed E-state index contributed by atoms with van der Waals surface area (Å²) in [5.74, 6) is 0.204. The van der Waals surface area contributed by atoms with E-state index in [2.05, 4.69) is 0 Å². The van der Waals surface area contributed by atoms with E-state index in [1.807, 2.05) is 0 Å². The lowest BCUT2D eigenvalue weighted by molar-refractivity contribution is 0.0507. The van der Waals surface area contributed by atoms with Crippen LogP contribution in [0, 0.1) is 5.82 Å². The summed E-state index contributed by atoms with van der Waals surface area (Å²) in [7, 11) is 4.49. The summed E-state index contributed by atoms with van der Waals surface area (Å²) in [6.45, 7) is 0.108. The third-order valence-corrected chi connectivity index (χ3v) is 3.51. The van der Waals surface area contributed by atoms with Crippen LogP contribution in [0.25, 0.3) is 6.08 Å². The third kappa shape index (κ3) is 5.80. The van der Waals surface area contributed by atoms with Crippen LogP contribution in [-0.2, 0) is 9.47 Å². The lowest BCUT2D eigenvalue weighted by Gasteiger charge is -2.09. The van der Waals surface area contributed by atoms with E-state index in [-0.39, 0.29) is 24.9 Å². The van der Waals surface area contributed by atoms with Crippen LogP contribution >= 0.6 is 0 Å². The monoisotopic (exact) mass is 376 g/mol. The number of ketones is 1. The van der Waals surface area contributed by atoms with Crippen molar-refractivity contribution in [3.8, 4) is 17.2 Å². The Morgan fingerprint density at radius 2 is 1.59 bits per heavy atom. The molecule has 0 aromatic heterocycles. The molecule has 0 N–H and O–H groups in total. The van der Waals surface area contributed by atoms with Gasteiger partial charge in [0.1, 0.15) is 23.1 Å². The molecule has 6 nitrogen and oxygen atoms in total. The fraction of sp³-hybridized carbons (Fsp3) is 0.250. The van der Waals surface area contributed by atoms with Crippen molar-refractivity contribution in [2.45, 2.75) is 0 Å². The van der Waals surface area contributed by atoms with E-state index >= 15 is 0 Å². The van der Waals surface area contributed by atoms with Crippen LogP contribution in [0.2, 0.25) is 0 Å². The summed E-state index contributed by atoms with van der Waals surface area (Å²) in [5, 5.41) is 0. The van der Waals surface area contributed by atoms with Gasteiger partial charge in [-0.1, -0.05) is 0 Å². The molecule has 0 aliphatic heterocycles. The fourth-order valence-electron chi connectivity index (χ4n) is 2.21. The van der Waals surface area contributed by atoms with E-state index in [1.165, 1.54) is 39.5 Å². The average Bonchev–Trinajstić information content (AvgIpc) is 2.69. The van der Waals surface area contributed by atoms with E-state index in [9.17, 15) is 9.18 Å². The van der Waals surface area contributed by atoms with Gasteiger partial charge in [0, 0.05) is 31.9 Å². The second kappa shape index (κ2) is 10.3. The Balaban J connectivity index is 2.14. The van der Waals surface area contributed by atoms with E-state index in [0.717, 1.165) is 6.07 Å². The molecular formula is C20H21FO6. The first-order valence-electron chi connectivity index (χ1n) is 8.02. The molecule has 0 unspecified atom stereocenters. The Hall–Kier alpha value is -2.90. The van der Waals surface area contributed by atoms with Crippen LogP contribution < -0.4 is 14.2 Å². The third-order valence-electron chi connectivity index (χ3n) is 3.51. The van der Waals surface area contributed by atoms with Crippen molar-refractivity contribution >= 4 is 11.9 Å². The molecule has 0 saturated heterocycles. The van der Waals surface area contributed by atoms with Gasteiger partial charge in [-0.25, -0.2) is 4.39 Å². The van der Waals surface area contributed by atoms with Crippen molar-refractivity contribution in [3.63, 3.8) is 0 Å². The molecule has 0 aliphatic carbocycles. The van der Waals surface area contributed by atoms with Crippen LogP contribution in [0.15, 0.2) is 42.5 Å². The van der Waals surface area contributed by atoms with Crippen LogP contribution in [-0.4, -0.2) is 40.7 Å². The molecule has 0 amide bonds. The molecule has 0 aliphatic rings. The summed E-state index contributed by atoms with van der Waals surface area (Å²) in [6, 6.07) is 9.13. The summed E-state index contributed by atoms with van der Waals surface area (Å²) in [4.78, 5) is 12.3. The standard InChI is InChI=1S/C20H21FO6/c1-23-12-26-15-7-8-17(18(21)10-15)19(22)9-5-14-4-6-16(27-13-24-2)11-20(14)25-3/h4-11H,12-13H2,1-3H3/b9-5+. The van der Waals surface area contributed by atoms with Crippen molar-refractivity contribution in [1.82, 2.24) is 0 Å². The average molecular weight is 376 g/mol. The highest BCUT2D eigenvalue weighted by atomic mass is 19.1. The highest BCUT2D eigenvalue weighted by Gasteiger charge is 2.11. The topological polar surface area (TPSA) is 63.2 Å². The number of benzene rings is 2. The van der Waals surface area contributed by atoms with Crippen LogP contribution in [0.3, 0.4) is 0 Å². The Morgan fingerprint density at radius 3 is 2.19 bits per heavy atom. The normalized spacial score (nSPS) is 10.8. The molecular weight excluding hydrogens is 355 g/mol. The number of hydrogen-bond donors (Lipinski definition) is 0. The lowest BCUT2D eigenvalue weighted by Crippen LogP contribution is -2.02. The molecule has 0 radical (unpaired) electrons. The minimum atomic E-state index is -0.673. The van der Waals surface area contributed by atoms with Gasteiger partial charge in [-0.15, -0.1) is 0 Å². The van der Waals surface area contributed by atoms with Crippen molar-refractivity contribution in [2.24, 2.45) is 0 Å². The summed E-state index contributed by atoms with van der Waals surface area (Å²) in [6.07, 6.45) is 2.83. The molecule has 2 rings (SSSR count). The summed E-state index contributed by atoms with van der Waals surface area (Å²) in [5.41, 5.74) is 0.589. The fourth-order valence-corrected chi connectivity index (χ4v) is 2.21. The molecule has 0 heterocycles. The van der Waals surface area contributed by atoms with Gasteiger partial charge in [0.2, 0.25) is 0 Å². The largest absolute Gasteiger partial charge is 0.496 e. The van der Waals surface area contributed by atoms with Crippen molar-refractivity contribution < 1.29 is 32.9 Å². The first kappa shape index (κ1) is 20.4. The van der Waals surface area contributed by atoms with Crippen LogP contribution in [0.1, 0.15) is 15.9 Å². The van der Waals surface area contributed by atoms with Gasteiger partial charge in [0.25, 0.3) is 0 Å². The predicted octanol–water partition coefficient (Wildman–Crippen LogP) is 3.70. The number of carbonyl (C=O) groups is 1. The highest BCUT2D eigenvalue weighted by Crippen LogP contribution is 2.26. The highest BCUT2D eigenvalue weighted by molar-refractivity contribution is 6.07. The number of ether oxygens (including phenoxy) is 5. The van der Waals surface area contributed by atoms with E-state index < -0.39 is 11.6 Å². The summed E-state index contributed by atoms with van der Waals surface area (Å²) < 4.78 is 39.5. The Bertz CT molecular complexity index is 803. The number of carbonyl (C=O) groups excluding carboxylic acids is 1. The number of methoxy groups -OCH3 is 3. The second-order valence-electron chi connectivity index (χ2n) is 5.34. The molecule has 144 valence electrons. The van der Waals surface area contributed by atoms with Gasteiger partial charge in [0.15, 0.2) is 19.4 Å². The van der Waals surface area contributed by atoms with Gasteiger partial charge < -0.3 is 23.7 Å². The quantitative estimate of drug-likeness (QED) is 0.358. The second-order valence-corrected chi connectivity index (χ2v) is 5.34. The molecule has 2 aromatic rings. The maximum atomic E-state index is 14.1. The maximum Gasteiger partial charge on any atom is 0.188 e. The zero-order chi connectivity index (χ0) is 19.6. The number of rotatable bonds is 10. The molecule has 2 aromatic carbocycles. The van der Waals surface area contributed by atoms with Gasteiger partial charge in [-0.3, -0.25) is 4.79 Å². The Morgan fingerprint density at radius 1 is 0.963 bits per heavy atom. The number of hydrogen-bond acceptors (Lipinski definition) is 6. The van der Waals surface area contributed by atoms with Gasteiger partial charge >= 0.3 is 0 Å². The van der Waals surface area contributed by atoms with Crippen molar-refractivity contribution in [1.29, 1.82) is 0 Å². The zero-order valence-electron chi connectivity index (χ0n) is 15.4.